The van der Waals surface area contributed by atoms with Crippen molar-refractivity contribution in [1.29, 1.82) is 0 Å². The normalized spacial score (nSPS) is 13.6. The topological polar surface area (TPSA) is 66.5 Å². The highest BCUT2D eigenvalue weighted by atomic mass is 35.5. The second-order valence-electron chi connectivity index (χ2n) is 7.05. The zero-order valence-corrected chi connectivity index (χ0v) is 18.4. The van der Waals surface area contributed by atoms with Gasteiger partial charge in [-0.05, 0) is 56.5 Å². The number of benzene rings is 2. The number of rotatable bonds is 7. The molecule has 0 heterocycles. The summed E-state index contributed by atoms with van der Waals surface area (Å²) in [7, 11) is -3.69. The van der Waals surface area contributed by atoms with Crippen LogP contribution in [0, 0.1) is 13.8 Å². The van der Waals surface area contributed by atoms with E-state index >= 15 is 0 Å². The molecule has 0 aliphatic heterocycles. The van der Waals surface area contributed by atoms with E-state index in [4.69, 9.17) is 11.6 Å². The van der Waals surface area contributed by atoms with Crippen molar-refractivity contribution in [2.45, 2.75) is 46.2 Å². The van der Waals surface area contributed by atoms with Gasteiger partial charge in [-0.25, -0.2) is 8.42 Å². The fourth-order valence-corrected chi connectivity index (χ4v) is 4.68. The Balaban J connectivity index is 2.35. The molecular weight excluding hydrogens is 396 g/mol. The second kappa shape index (κ2) is 8.97. The minimum absolute atomic E-state index is 0.248. The van der Waals surface area contributed by atoms with Gasteiger partial charge >= 0.3 is 0 Å². The highest BCUT2D eigenvalue weighted by Gasteiger charge is 2.32. The molecule has 0 unspecified atom stereocenters. The van der Waals surface area contributed by atoms with Crippen LogP contribution in [-0.4, -0.2) is 26.6 Å². The minimum atomic E-state index is -3.69. The summed E-state index contributed by atoms with van der Waals surface area (Å²) in [4.78, 5) is 13.1. The van der Waals surface area contributed by atoms with Crippen LogP contribution in [0.4, 0.5) is 5.69 Å². The fraction of sp³-hybridized carbons (Fsp3) is 0.381. The van der Waals surface area contributed by atoms with Crippen LogP contribution in [0.2, 0.25) is 5.02 Å². The molecule has 5 nitrogen and oxygen atoms in total. The van der Waals surface area contributed by atoms with Crippen LogP contribution in [0.15, 0.2) is 42.5 Å². The summed E-state index contributed by atoms with van der Waals surface area (Å²) in [5.41, 5.74) is 3.56. The molecule has 2 atom stereocenters. The van der Waals surface area contributed by atoms with Gasteiger partial charge in [0.25, 0.3) is 0 Å². The number of sulfonamides is 1. The highest BCUT2D eigenvalue weighted by molar-refractivity contribution is 7.92. The maximum atomic E-state index is 13.1. The lowest BCUT2D eigenvalue weighted by Crippen LogP contribution is -2.49. The number of nitrogens with one attached hydrogen (secondary N) is 1. The van der Waals surface area contributed by atoms with Gasteiger partial charge in [-0.15, -0.1) is 0 Å². The van der Waals surface area contributed by atoms with Crippen molar-refractivity contribution >= 4 is 33.2 Å². The molecule has 2 rings (SSSR count). The van der Waals surface area contributed by atoms with Crippen molar-refractivity contribution in [2.24, 2.45) is 0 Å². The smallest absolute Gasteiger partial charge is 0.244 e. The number of nitrogens with zero attached hydrogens (tertiary/aromatic N) is 1. The van der Waals surface area contributed by atoms with E-state index in [0.29, 0.717) is 17.1 Å². The number of hydrogen-bond donors (Lipinski definition) is 1. The number of hydrogen-bond acceptors (Lipinski definition) is 3. The van der Waals surface area contributed by atoms with Crippen molar-refractivity contribution < 1.29 is 13.2 Å². The molecular formula is C21H27ClN2O3S. The molecule has 2 aromatic carbocycles. The summed E-state index contributed by atoms with van der Waals surface area (Å²) in [5, 5.41) is 3.38. The molecule has 28 heavy (non-hydrogen) atoms. The average Bonchev–Trinajstić information content (AvgIpc) is 2.60. The molecule has 0 fully saturated rings. The van der Waals surface area contributed by atoms with Crippen LogP contribution in [0.1, 0.15) is 43.0 Å². The maximum absolute atomic E-state index is 13.1. The predicted molar refractivity (Wildman–Crippen MR) is 115 cm³/mol. The van der Waals surface area contributed by atoms with E-state index in [1.165, 1.54) is 0 Å². The Labute approximate surface area is 172 Å². The van der Waals surface area contributed by atoms with Gasteiger partial charge in [-0.2, -0.15) is 0 Å². The lowest BCUT2D eigenvalue weighted by atomic mass is 9.99. The van der Waals surface area contributed by atoms with Gasteiger partial charge in [-0.1, -0.05) is 48.4 Å². The molecule has 2 aromatic rings. The Hall–Kier alpha value is -2.05. The van der Waals surface area contributed by atoms with E-state index in [-0.39, 0.29) is 11.9 Å². The first-order valence-electron chi connectivity index (χ1n) is 9.17. The third kappa shape index (κ3) is 5.26. The van der Waals surface area contributed by atoms with Gasteiger partial charge in [0, 0.05) is 5.02 Å². The van der Waals surface area contributed by atoms with Gasteiger partial charge in [-0.3, -0.25) is 9.10 Å². The molecule has 0 aliphatic carbocycles. The molecule has 0 spiro atoms. The van der Waals surface area contributed by atoms with Gasteiger partial charge in [0.1, 0.15) is 6.04 Å². The average molecular weight is 423 g/mol. The Morgan fingerprint density at radius 2 is 1.86 bits per heavy atom. The standard InChI is InChI=1S/C21H27ClN2O3S/c1-6-20(24(28(5,26)27)18-9-7-8-17(22)13-18)21(25)23-16(4)19-12-14(2)10-11-15(19)3/h7-13,16,20H,6H2,1-5H3,(H,23,25)/t16-,20-/m0/s1. The third-order valence-corrected chi connectivity index (χ3v) is 6.07. The van der Waals surface area contributed by atoms with Gasteiger partial charge in [0.15, 0.2) is 0 Å². The molecule has 0 saturated carbocycles. The van der Waals surface area contributed by atoms with Crippen molar-refractivity contribution in [3.05, 3.63) is 64.2 Å². The Kier molecular flexibility index (Phi) is 7.12. The van der Waals surface area contributed by atoms with Gasteiger partial charge < -0.3 is 5.32 Å². The van der Waals surface area contributed by atoms with E-state index in [2.05, 4.69) is 5.32 Å². The number of aryl methyl sites for hydroxylation is 2. The molecule has 1 amide bonds. The predicted octanol–water partition coefficient (Wildman–Crippen LogP) is 4.38. The summed E-state index contributed by atoms with van der Waals surface area (Å²) in [6, 6.07) is 11.5. The van der Waals surface area contributed by atoms with Crippen molar-refractivity contribution in [2.75, 3.05) is 10.6 Å². The zero-order valence-electron chi connectivity index (χ0n) is 16.9. The van der Waals surface area contributed by atoms with Gasteiger partial charge in [0.2, 0.25) is 15.9 Å². The molecule has 7 heteroatoms. The molecule has 0 bridgehead atoms. The molecule has 152 valence electrons. The number of halogens is 1. The first kappa shape index (κ1) is 22.2. The van der Waals surface area contributed by atoms with Crippen LogP contribution in [0.5, 0.6) is 0 Å². The van der Waals surface area contributed by atoms with E-state index in [0.717, 1.165) is 27.3 Å². The summed E-state index contributed by atoms with van der Waals surface area (Å²) in [6.45, 7) is 7.67. The molecule has 0 radical (unpaired) electrons. The SMILES string of the molecule is CC[C@@H](C(=O)N[C@@H](C)c1cc(C)ccc1C)N(c1cccc(Cl)c1)S(C)(=O)=O. The summed E-state index contributed by atoms with van der Waals surface area (Å²) >= 11 is 6.04. The molecule has 0 aromatic heterocycles. The number of carbonyl (C=O) groups is 1. The monoisotopic (exact) mass is 422 g/mol. The lowest BCUT2D eigenvalue weighted by Gasteiger charge is -2.31. The molecule has 0 aliphatic rings. The van der Waals surface area contributed by atoms with Crippen LogP contribution in [0.3, 0.4) is 0 Å². The zero-order chi connectivity index (χ0) is 21.1. The minimum Gasteiger partial charge on any atom is -0.348 e. The van der Waals surface area contributed by atoms with Crippen LogP contribution in [0.25, 0.3) is 0 Å². The van der Waals surface area contributed by atoms with E-state index in [1.54, 1.807) is 31.2 Å². The van der Waals surface area contributed by atoms with E-state index in [1.807, 2.05) is 39.0 Å². The van der Waals surface area contributed by atoms with E-state index < -0.39 is 16.1 Å². The van der Waals surface area contributed by atoms with Crippen LogP contribution < -0.4 is 9.62 Å². The number of amides is 1. The lowest BCUT2D eigenvalue weighted by molar-refractivity contribution is -0.122. The Bertz CT molecular complexity index is 960. The molecule has 1 N–H and O–H groups in total. The second-order valence-corrected chi connectivity index (χ2v) is 9.35. The number of carbonyl (C=O) groups excluding carboxylic acids is 1. The highest BCUT2D eigenvalue weighted by Crippen LogP contribution is 2.26. The Morgan fingerprint density at radius 3 is 2.43 bits per heavy atom. The van der Waals surface area contributed by atoms with Crippen LogP contribution in [-0.2, 0) is 14.8 Å². The summed E-state index contributed by atoms with van der Waals surface area (Å²) < 4.78 is 26.2. The largest absolute Gasteiger partial charge is 0.348 e. The van der Waals surface area contributed by atoms with E-state index in [9.17, 15) is 13.2 Å². The first-order chi connectivity index (χ1) is 13.0. The van der Waals surface area contributed by atoms with Crippen molar-refractivity contribution in [3.63, 3.8) is 0 Å². The third-order valence-electron chi connectivity index (χ3n) is 4.65. The quantitative estimate of drug-likeness (QED) is 0.720. The first-order valence-corrected chi connectivity index (χ1v) is 11.4. The van der Waals surface area contributed by atoms with Gasteiger partial charge in [0.05, 0.1) is 18.0 Å². The fourth-order valence-electron chi connectivity index (χ4n) is 3.29. The Morgan fingerprint density at radius 1 is 1.18 bits per heavy atom. The maximum Gasteiger partial charge on any atom is 0.244 e. The summed E-state index contributed by atoms with van der Waals surface area (Å²) in [6.07, 6.45) is 1.42. The van der Waals surface area contributed by atoms with Crippen LogP contribution >= 0.6 is 11.6 Å². The number of anilines is 1. The summed E-state index contributed by atoms with van der Waals surface area (Å²) in [5.74, 6) is -0.346. The molecule has 0 saturated heterocycles. The van der Waals surface area contributed by atoms with Crippen molar-refractivity contribution in [1.82, 2.24) is 5.32 Å². The van der Waals surface area contributed by atoms with Crippen molar-refractivity contribution in [3.8, 4) is 0 Å².